The fraction of sp³-hybridized carbons (Fsp3) is 0.190. The Morgan fingerprint density at radius 1 is 0.808 bits per heavy atom. The summed E-state index contributed by atoms with van der Waals surface area (Å²) in [5.74, 6) is 0.767. The van der Waals surface area contributed by atoms with Crippen molar-refractivity contribution in [2.24, 2.45) is 0 Å². The van der Waals surface area contributed by atoms with Gasteiger partial charge in [0.1, 0.15) is 0 Å². The third kappa shape index (κ3) is 2.57. The molecule has 5 nitrogen and oxygen atoms in total. The van der Waals surface area contributed by atoms with Gasteiger partial charge < -0.3 is 9.64 Å². The molecule has 1 fully saturated rings. The van der Waals surface area contributed by atoms with Gasteiger partial charge in [-0.3, -0.25) is 4.98 Å². The van der Waals surface area contributed by atoms with E-state index in [0.717, 1.165) is 52.1 Å². The van der Waals surface area contributed by atoms with E-state index < -0.39 is 0 Å². The molecule has 5 heteroatoms. The van der Waals surface area contributed by atoms with Crippen molar-refractivity contribution < 1.29 is 4.74 Å². The first-order valence-corrected chi connectivity index (χ1v) is 8.84. The summed E-state index contributed by atoms with van der Waals surface area (Å²) in [5, 5.41) is 2.14. The number of hydrogen-bond donors (Lipinski definition) is 0. The molecule has 1 aliphatic rings. The molecule has 5 rings (SSSR count). The highest BCUT2D eigenvalue weighted by atomic mass is 16.5. The van der Waals surface area contributed by atoms with Gasteiger partial charge in [-0.1, -0.05) is 36.4 Å². The molecule has 1 saturated heterocycles. The van der Waals surface area contributed by atoms with Crippen LogP contribution in [0.15, 0.2) is 60.8 Å². The van der Waals surface area contributed by atoms with Crippen molar-refractivity contribution in [3.8, 4) is 11.3 Å². The van der Waals surface area contributed by atoms with Crippen molar-refractivity contribution >= 4 is 27.8 Å². The lowest BCUT2D eigenvalue weighted by atomic mass is 10.0. The molecule has 2 aromatic heterocycles. The Morgan fingerprint density at radius 2 is 1.62 bits per heavy atom. The first kappa shape index (κ1) is 15.2. The Balaban J connectivity index is 1.82. The highest BCUT2D eigenvalue weighted by Gasteiger charge is 2.18. The van der Waals surface area contributed by atoms with Crippen molar-refractivity contribution in [1.29, 1.82) is 0 Å². The minimum Gasteiger partial charge on any atom is -0.378 e. The highest BCUT2D eigenvalue weighted by Crippen LogP contribution is 2.33. The fourth-order valence-electron chi connectivity index (χ4n) is 3.48. The van der Waals surface area contributed by atoms with Gasteiger partial charge in [0.05, 0.1) is 29.9 Å². The summed E-state index contributed by atoms with van der Waals surface area (Å²) in [4.78, 5) is 16.5. The summed E-state index contributed by atoms with van der Waals surface area (Å²) in [6.45, 7) is 3.05. The van der Waals surface area contributed by atoms with E-state index in [9.17, 15) is 0 Å². The predicted octanol–water partition coefficient (Wildman–Crippen LogP) is 3.68. The molecule has 0 amide bonds. The Kier molecular flexibility index (Phi) is 3.72. The average molecular weight is 342 g/mol. The first-order valence-electron chi connectivity index (χ1n) is 8.84. The summed E-state index contributed by atoms with van der Waals surface area (Å²) in [7, 11) is 0. The van der Waals surface area contributed by atoms with Crippen LogP contribution in [-0.4, -0.2) is 41.3 Å². The van der Waals surface area contributed by atoms with Gasteiger partial charge >= 0.3 is 0 Å². The minimum absolute atomic E-state index is 0.712. The van der Waals surface area contributed by atoms with Crippen molar-refractivity contribution in [3.63, 3.8) is 0 Å². The number of rotatable bonds is 2. The third-order valence-electron chi connectivity index (χ3n) is 4.77. The summed E-state index contributed by atoms with van der Waals surface area (Å²) in [5.41, 5.74) is 3.95. The highest BCUT2D eigenvalue weighted by molar-refractivity contribution is 6.11. The van der Waals surface area contributed by atoms with E-state index in [4.69, 9.17) is 14.7 Å². The zero-order valence-corrected chi connectivity index (χ0v) is 14.3. The van der Waals surface area contributed by atoms with E-state index in [-0.39, 0.29) is 0 Å². The van der Waals surface area contributed by atoms with Gasteiger partial charge in [-0.15, -0.1) is 0 Å². The lowest BCUT2D eigenvalue weighted by molar-refractivity contribution is 0.122. The van der Waals surface area contributed by atoms with Crippen molar-refractivity contribution in [2.75, 3.05) is 31.2 Å². The number of anilines is 1. The first-order chi connectivity index (χ1) is 12.9. The maximum Gasteiger partial charge on any atom is 0.226 e. The molecule has 0 atom stereocenters. The molecule has 0 spiro atoms. The maximum absolute atomic E-state index is 5.48. The van der Waals surface area contributed by atoms with Crippen LogP contribution < -0.4 is 4.90 Å². The van der Waals surface area contributed by atoms with Gasteiger partial charge in [0.15, 0.2) is 0 Å². The summed E-state index contributed by atoms with van der Waals surface area (Å²) in [6, 6.07) is 18.4. The number of pyridine rings is 1. The van der Waals surface area contributed by atoms with E-state index >= 15 is 0 Å². The molecule has 0 saturated carbocycles. The standard InChI is InChI=1S/C21H18N4O/c1-2-5-15(6-3-1)20-19-16-7-4-10-22-17(16)8-9-18(19)23-21(24-20)25-11-13-26-14-12-25/h1-10H,11-14H2. The molecule has 0 unspecified atom stereocenters. The van der Waals surface area contributed by atoms with Crippen LogP contribution in [0.25, 0.3) is 33.1 Å². The fourth-order valence-corrected chi connectivity index (χ4v) is 3.48. The van der Waals surface area contributed by atoms with Crippen LogP contribution in [0.4, 0.5) is 5.95 Å². The zero-order chi connectivity index (χ0) is 17.3. The van der Waals surface area contributed by atoms with Crippen LogP contribution in [0.5, 0.6) is 0 Å². The molecule has 3 heterocycles. The van der Waals surface area contributed by atoms with Gasteiger partial charge in [-0.2, -0.15) is 0 Å². The van der Waals surface area contributed by atoms with E-state index in [2.05, 4.69) is 28.1 Å². The molecular formula is C21H18N4O. The molecule has 1 aliphatic heterocycles. The van der Waals surface area contributed by atoms with Crippen LogP contribution in [0.2, 0.25) is 0 Å². The summed E-state index contributed by atoms with van der Waals surface area (Å²) < 4.78 is 5.48. The van der Waals surface area contributed by atoms with E-state index in [1.165, 1.54) is 0 Å². The molecule has 0 N–H and O–H groups in total. The second-order valence-corrected chi connectivity index (χ2v) is 6.37. The molecule has 0 aliphatic carbocycles. The molecule has 0 radical (unpaired) electrons. The maximum atomic E-state index is 5.48. The SMILES string of the molecule is c1ccc(-c2nc(N3CCOCC3)nc3ccc4ncccc4c23)cc1. The van der Waals surface area contributed by atoms with Crippen LogP contribution in [0.1, 0.15) is 0 Å². The third-order valence-corrected chi connectivity index (χ3v) is 4.77. The predicted molar refractivity (Wildman–Crippen MR) is 103 cm³/mol. The molecule has 2 aromatic carbocycles. The van der Waals surface area contributed by atoms with Gasteiger partial charge in [-0.05, 0) is 18.2 Å². The van der Waals surface area contributed by atoms with Crippen LogP contribution in [-0.2, 0) is 4.74 Å². The quantitative estimate of drug-likeness (QED) is 0.520. The smallest absolute Gasteiger partial charge is 0.226 e. The van der Waals surface area contributed by atoms with Crippen molar-refractivity contribution in [3.05, 3.63) is 60.8 Å². The number of aromatic nitrogens is 3. The molecule has 26 heavy (non-hydrogen) atoms. The lowest BCUT2D eigenvalue weighted by Crippen LogP contribution is -2.37. The van der Waals surface area contributed by atoms with Crippen LogP contribution in [0.3, 0.4) is 0 Å². The lowest BCUT2D eigenvalue weighted by Gasteiger charge is -2.27. The minimum atomic E-state index is 0.712. The second kappa shape index (κ2) is 6.35. The Hall–Kier alpha value is -3.05. The number of morpholine rings is 1. The van der Waals surface area contributed by atoms with Crippen LogP contribution in [0, 0.1) is 0 Å². The Bertz CT molecular complexity index is 1080. The van der Waals surface area contributed by atoms with Gasteiger partial charge in [0.25, 0.3) is 0 Å². The summed E-state index contributed by atoms with van der Waals surface area (Å²) >= 11 is 0. The number of ether oxygens (including phenoxy) is 1. The second-order valence-electron chi connectivity index (χ2n) is 6.37. The largest absolute Gasteiger partial charge is 0.378 e. The van der Waals surface area contributed by atoms with E-state index in [1.807, 2.05) is 42.6 Å². The van der Waals surface area contributed by atoms with Gasteiger partial charge in [0, 0.05) is 35.6 Å². The number of fused-ring (bicyclic) bond motifs is 3. The van der Waals surface area contributed by atoms with Crippen molar-refractivity contribution in [2.45, 2.75) is 0 Å². The normalized spacial score (nSPS) is 14.8. The monoisotopic (exact) mass is 342 g/mol. The Labute approximate surface area is 151 Å². The molecule has 0 bridgehead atoms. The van der Waals surface area contributed by atoms with E-state index in [0.29, 0.717) is 13.2 Å². The number of hydrogen-bond acceptors (Lipinski definition) is 5. The summed E-state index contributed by atoms with van der Waals surface area (Å²) in [6.07, 6.45) is 1.82. The molecule has 4 aromatic rings. The number of benzene rings is 2. The molecule has 128 valence electrons. The van der Waals surface area contributed by atoms with Gasteiger partial charge in [-0.25, -0.2) is 9.97 Å². The topological polar surface area (TPSA) is 51.1 Å². The number of nitrogens with zero attached hydrogens (tertiary/aromatic N) is 4. The molecular weight excluding hydrogens is 324 g/mol. The average Bonchev–Trinajstić information content (AvgIpc) is 2.74. The van der Waals surface area contributed by atoms with E-state index in [1.54, 1.807) is 0 Å². The van der Waals surface area contributed by atoms with Crippen molar-refractivity contribution in [1.82, 2.24) is 15.0 Å². The zero-order valence-electron chi connectivity index (χ0n) is 14.3. The van der Waals surface area contributed by atoms with Gasteiger partial charge in [0.2, 0.25) is 5.95 Å². The Morgan fingerprint density at radius 3 is 2.46 bits per heavy atom. The van der Waals surface area contributed by atoms with Crippen LogP contribution >= 0.6 is 0 Å².